The van der Waals surface area contributed by atoms with Crippen LogP contribution in [0.15, 0.2) is 41.0 Å². The molecule has 0 unspecified atom stereocenters. The Morgan fingerprint density at radius 2 is 2.25 bits per heavy atom. The molecule has 2 rings (SSSR count). The van der Waals surface area contributed by atoms with Gasteiger partial charge in [0.05, 0.1) is 13.4 Å². The Balaban J connectivity index is 2.02. The van der Waals surface area contributed by atoms with Gasteiger partial charge < -0.3 is 19.6 Å². The zero-order valence-electron chi connectivity index (χ0n) is 11.4. The molecular formula is C15H17NO4. The van der Waals surface area contributed by atoms with Gasteiger partial charge in [-0.2, -0.15) is 0 Å². The van der Waals surface area contributed by atoms with Crippen LogP contribution in [0.3, 0.4) is 0 Å². The second kappa shape index (κ2) is 6.25. The lowest BCUT2D eigenvalue weighted by Gasteiger charge is -2.14. The van der Waals surface area contributed by atoms with E-state index in [2.05, 4.69) is 5.32 Å². The molecule has 20 heavy (non-hydrogen) atoms. The maximum absolute atomic E-state index is 10.9. The lowest BCUT2D eigenvalue weighted by Crippen LogP contribution is -2.19. The van der Waals surface area contributed by atoms with Gasteiger partial charge in [-0.1, -0.05) is 12.1 Å². The van der Waals surface area contributed by atoms with Gasteiger partial charge in [0.25, 0.3) is 0 Å². The molecule has 2 N–H and O–H groups in total. The fraction of sp³-hybridized carbons (Fsp3) is 0.267. The normalized spacial score (nSPS) is 12.1. The van der Waals surface area contributed by atoms with E-state index in [1.165, 1.54) is 6.26 Å². The van der Waals surface area contributed by atoms with Crippen LogP contribution in [0.2, 0.25) is 0 Å². The standard InChI is InChI=1S/C15H17NO4/c1-10(11-4-3-5-13(8-11)19-2)16-9-12-6-7-20-14(12)15(17)18/h3-8,10,16H,9H2,1-2H3,(H,17,18)/t10-/m1/s1. The first-order valence-electron chi connectivity index (χ1n) is 6.29. The molecule has 0 aliphatic carbocycles. The van der Waals surface area contributed by atoms with Crippen LogP contribution in [0.4, 0.5) is 0 Å². The van der Waals surface area contributed by atoms with Crippen LogP contribution in [0.1, 0.15) is 34.6 Å². The van der Waals surface area contributed by atoms with Gasteiger partial charge in [0.1, 0.15) is 5.75 Å². The summed E-state index contributed by atoms with van der Waals surface area (Å²) in [6.45, 7) is 2.44. The highest BCUT2D eigenvalue weighted by molar-refractivity contribution is 5.86. The summed E-state index contributed by atoms with van der Waals surface area (Å²) < 4.78 is 10.1. The highest BCUT2D eigenvalue weighted by Gasteiger charge is 2.14. The molecule has 0 amide bonds. The largest absolute Gasteiger partial charge is 0.497 e. The second-order valence-electron chi connectivity index (χ2n) is 4.46. The quantitative estimate of drug-likeness (QED) is 0.848. The molecule has 0 bridgehead atoms. The minimum Gasteiger partial charge on any atom is -0.497 e. The van der Waals surface area contributed by atoms with Gasteiger partial charge in [0.15, 0.2) is 0 Å². The average molecular weight is 275 g/mol. The summed E-state index contributed by atoms with van der Waals surface area (Å²) in [4.78, 5) is 10.9. The molecule has 0 aliphatic heterocycles. The molecule has 1 atom stereocenters. The van der Waals surface area contributed by atoms with Crippen molar-refractivity contribution in [3.8, 4) is 5.75 Å². The molecule has 0 saturated heterocycles. The number of benzene rings is 1. The van der Waals surface area contributed by atoms with Crippen LogP contribution >= 0.6 is 0 Å². The van der Waals surface area contributed by atoms with Crippen molar-refractivity contribution < 1.29 is 19.1 Å². The molecule has 106 valence electrons. The van der Waals surface area contributed by atoms with E-state index in [0.717, 1.165) is 11.3 Å². The van der Waals surface area contributed by atoms with Crippen LogP contribution < -0.4 is 10.1 Å². The Hall–Kier alpha value is -2.27. The average Bonchev–Trinajstić information content (AvgIpc) is 2.93. The van der Waals surface area contributed by atoms with E-state index in [1.54, 1.807) is 13.2 Å². The van der Waals surface area contributed by atoms with Crippen molar-refractivity contribution in [3.63, 3.8) is 0 Å². The van der Waals surface area contributed by atoms with Crippen LogP contribution in [-0.2, 0) is 6.54 Å². The maximum atomic E-state index is 10.9. The van der Waals surface area contributed by atoms with E-state index in [-0.39, 0.29) is 11.8 Å². The van der Waals surface area contributed by atoms with E-state index in [1.807, 2.05) is 31.2 Å². The molecule has 1 aromatic carbocycles. The van der Waals surface area contributed by atoms with E-state index in [0.29, 0.717) is 12.1 Å². The molecular weight excluding hydrogens is 258 g/mol. The van der Waals surface area contributed by atoms with Gasteiger partial charge in [-0.05, 0) is 30.7 Å². The molecule has 0 radical (unpaired) electrons. The SMILES string of the molecule is COc1cccc([C@@H](C)NCc2ccoc2C(=O)O)c1. The lowest BCUT2D eigenvalue weighted by molar-refractivity contribution is 0.0660. The first-order chi connectivity index (χ1) is 9.61. The summed E-state index contributed by atoms with van der Waals surface area (Å²) in [6.07, 6.45) is 1.39. The van der Waals surface area contributed by atoms with Crippen LogP contribution in [0, 0.1) is 0 Å². The van der Waals surface area contributed by atoms with E-state index >= 15 is 0 Å². The van der Waals surface area contributed by atoms with Crippen LogP contribution in [0.25, 0.3) is 0 Å². The number of hydrogen-bond acceptors (Lipinski definition) is 4. The van der Waals surface area contributed by atoms with Crippen molar-refractivity contribution in [1.82, 2.24) is 5.32 Å². The van der Waals surface area contributed by atoms with Crippen molar-refractivity contribution in [2.24, 2.45) is 0 Å². The Morgan fingerprint density at radius 1 is 1.45 bits per heavy atom. The second-order valence-corrected chi connectivity index (χ2v) is 4.46. The molecule has 2 aromatic rings. The third-order valence-electron chi connectivity index (χ3n) is 3.13. The topological polar surface area (TPSA) is 71.7 Å². The number of aromatic carboxylic acids is 1. The smallest absolute Gasteiger partial charge is 0.372 e. The first kappa shape index (κ1) is 14.1. The molecule has 1 heterocycles. The summed E-state index contributed by atoms with van der Waals surface area (Å²) in [5.41, 5.74) is 1.71. The van der Waals surface area contributed by atoms with Gasteiger partial charge >= 0.3 is 5.97 Å². The number of furan rings is 1. The fourth-order valence-electron chi connectivity index (χ4n) is 1.95. The minimum atomic E-state index is -1.05. The number of carboxylic acid groups (broad SMARTS) is 1. The summed E-state index contributed by atoms with van der Waals surface area (Å²) >= 11 is 0. The predicted molar refractivity (Wildman–Crippen MR) is 73.9 cm³/mol. The van der Waals surface area contributed by atoms with Crippen molar-refractivity contribution in [2.75, 3.05) is 7.11 Å². The molecule has 5 heteroatoms. The Bertz CT molecular complexity index is 591. The van der Waals surface area contributed by atoms with Crippen molar-refractivity contribution >= 4 is 5.97 Å². The van der Waals surface area contributed by atoms with E-state index < -0.39 is 5.97 Å². The molecule has 0 fully saturated rings. The number of carbonyl (C=O) groups is 1. The summed E-state index contributed by atoms with van der Waals surface area (Å²) in [5, 5.41) is 12.2. The van der Waals surface area contributed by atoms with Gasteiger partial charge in [0.2, 0.25) is 5.76 Å². The van der Waals surface area contributed by atoms with Crippen molar-refractivity contribution in [3.05, 3.63) is 53.5 Å². The Labute approximate surface area is 117 Å². The molecule has 0 saturated carbocycles. The number of hydrogen-bond donors (Lipinski definition) is 2. The van der Waals surface area contributed by atoms with Crippen LogP contribution in [0.5, 0.6) is 5.75 Å². The summed E-state index contributed by atoms with van der Waals surface area (Å²) in [5.74, 6) is -0.276. The third-order valence-corrected chi connectivity index (χ3v) is 3.13. The molecule has 1 aromatic heterocycles. The monoisotopic (exact) mass is 275 g/mol. The number of carboxylic acids is 1. The van der Waals surface area contributed by atoms with E-state index in [4.69, 9.17) is 14.3 Å². The third kappa shape index (κ3) is 3.19. The summed E-state index contributed by atoms with van der Waals surface area (Å²) in [6, 6.07) is 9.48. The first-order valence-corrected chi connectivity index (χ1v) is 6.29. The highest BCUT2D eigenvalue weighted by Crippen LogP contribution is 2.19. The number of rotatable bonds is 6. The molecule has 0 aliphatic rings. The lowest BCUT2D eigenvalue weighted by atomic mass is 10.1. The van der Waals surface area contributed by atoms with Gasteiger partial charge in [-0.3, -0.25) is 0 Å². The Morgan fingerprint density at radius 3 is 2.95 bits per heavy atom. The number of ether oxygens (including phenoxy) is 1. The minimum absolute atomic E-state index is 0.0182. The zero-order chi connectivity index (χ0) is 14.5. The predicted octanol–water partition coefficient (Wildman–Crippen LogP) is 2.84. The highest BCUT2D eigenvalue weighted by atomic mass is 16.5. The molecule has 5 nitrogen and oxygen atoms in total. The number of methoxy groups -OCH3 is 1. The Kier molecular flexibility index (Phi) is 4.42. The number of nitrogens with one attached hydrogen (secondary N) is 1. The van der Waals surface area contributed by atoms with Crippen molar-refractivity contribution in [1.29, 1.82) is 0 Å². The fourth-order valence-corrected chi connectivity index (χ4v) is 1.95. The van der Waals surface area contributed by atoms with Crippen molar-refractivity contribution in [2.45, 2.75) is 19.5 Å². The summed E-state index contributed by atoms with van der Waals surface area (Å²) in [7, 11) is 1.63. The van der Waals surface area contributed by atoms with Gasteiger partial charge in [0, 0.05) is 18.2 Å². The maximum Gasteiger partial charge on any atom is 0.372 e. The molecule has 0 spiro atoms. The zero-order valence-corrected chi connectivity index (χ0v) is 11.4. The van der Waals surface area contributed by atoms with E-state index in [9.17, 15) is 4.79 Å². The van der Waals surface area contributed by atoms with Gasteiger partial charge in [-0.15, -0.1) is 0 Å². The van der Waals surface area contributed by atoms with Gasteiger partial charge in [-0.25, -0.2) is 4.79 Å². The van der Waals surface area contributed by atoms with Crippen LogP contribution in [-0.4, -0.2) is 18.2 Å².